The highest BCUT2D eigenvalue weighted by atomic mass is 16.5. The van der Waals surface area contributed by atoms with Crippen LogP contribution >= 0.6 is 0 Å². The van der Waals surface area contributed by atoms with Crippen molar-refractivity contribution in [3.63, 3.8) is 0 Å². The average molecular weight is 301 g/mol. The number of carbonyl (C=O) groups is 1. The first-order chi connectivity index (χ1) is 10.6. The molecule has 0 saturated heterocycles. The van der Waals surface area contributed by atoms with Crippen LogP contribution in [0.3, 0.4) is 0 Å². The summed E-state index contributed by atoms with van der Waals surface area (Å²) in [5.74, 6) is 0.147. The van der Waals surface area contributed by atoms with Crippen molar-refractivity contribution in [1.29, 1.82) is 0 Å². The van der Waals surface area contributed by atoms with E-state index in [1.807, 2.05) is 30.3 Å². The lowest BCUT2D eigenvalue weighted by Gasteiger charge is -2.13. The lowest BCUT2D eigenvalue weighted by Crippen LogP contribution is -2.32. The van der Waals surface area contributed by atoms with Crippen LogP contribution in [0.1, 0.15) is 11.1 Å². The first kappa shape index (κ1) is 15.9. The Morgan fingerprint density at radius 2 is 1.86 bits per heavy atom. The van der Waals surface area contributed by atoms with Crippen LogP contribution in [-0.4, -0.2) is 24.2 Å². The van der Waals surface area contributed by atoms with Gasteiger partial charge in [-0.15, -0.1) is 0 Å². The number of hydrogen-bond acceptors (Lipinski definition) is 4. The van der Waals surface area contributed by atoms with Crippen LogP contribution in [0, 0.1) is 0 Å². The summed E-state index contributed by atoms with van der Waals surface area (Å²) in [5.41, 5.74) is 7.39. The van der Waals surface area contributed by atoms with E-state index in [9.17, 15) is 4.79 Å². The summed E-state index contributed by atoms with van der Waals surface area (Å²) >= 11 is 0. The molecule has 0 aliphatic heterocycles. The third kappa shape index (κ3) is 4.23. The van der Waals surface area contributed by atoms with Gasteiger partial charge < -0.3 is 20.3 Å². The Balaban J connectivity index is 2.07. The molecule has 1 unspecified atom stereocenters. The normalized spacial score (nSPS) is 11.7. The predicted molar refractivity (Wildman–Crippen MR) is 83.1 cm³/mol. The molecular weight excluding hydrogens is 282 g/mol. The molecule has 0 bridgehead atoms. The molecular formula is C17H19NO4. The minimum Gasteiger partial charge on any atom is -0.493 e. The van der Waals surface area contributed by atoms with Crippen molar-refractivity contribution in [2.24, 2.45) is 5.73 Å². The zero-order valence-corrected chi connectivity index (χ0v) is 12.4. The smallest absolute Gasteiger partial charge is 0.320 e. The molecule has 0 spiro atoms. The molecule has 22 heavy (non-hydrogen) atoms. The van der Waals surface area contributed by atoms with Gasteiger partial charge in [0.25, 0.3) is 0 Å². The average Bonchev–Trinajstić information content (AvgIpc) is 2.54. The summed E-state index contributed by atoms with van der Waals surface area (Å²) in [6.07, 6.45) is 0.241. The number of ether oxygens (including phenoxy) is 2. The van der Waals surface area contributed by atoms with Crippen molar-refractivity contribution in [2.45, 2.75) is 19.1 Å². The van der Waals surface area contributed by atoms with Crippen LogP contribution in [-0.2, 0) is 17.8 Å². The van der Waals surface area contributed by atoms with E-state index in [1.54, 1.807) is 25.3 Å². The molecule has 0 saturated carbocycles. The fourth-order valence-corrected chi connectivity index (χ4v) is 2.03. The van der Waals surface area contributed by atoms with E-state index in [1.165, 1.54) is 0 Å². The standard InChI is InChI=1S/C17H19NO4/c1-21-16-10-13(9-14(18)17(19)20)7-8-15(16)22-11-12-5-3-2-4-6-12/h2-8,10,14H,9,11,18H2,1H3,(H,19,20). The summed E-state index contributed by atoms with van der Waals surface area (Å²) in [6, 6.07) is 14.2. The maximum Gasteiger partial charge on any atom is 0.320 e. The van der Waals surface area contributed by atoms with Crippen molar-refractivity contribution in [2.75, 3.05) is 7.11 Å². The van der Waals surface area contributed by atoms with Gasteiger partial charge in [0, 0.05) is 0 Å². The number of hydrogen-bond donors (Lipinski definition) is 2. The van der Waals surface area contributed by atoms with Crippen molar-refractivity contribution >= 4 is 5.97 Å². The molecule has 5 nitrogen and oxygen atoms in total. The Morgan fingerprint density at radius 3 is 2.50 bits per heavy atom. The number of aliphatic carboxylic acids is 1. The van der Waals surface area contributed by atoms with E-state index in [0.717, 1.165) is 11.1 Å². The summed E-state index contributed by atoms with van der Waals surface area (Å²) in [4.78, 5) is 10.8. The van der Waals surface area contributed by atoms with E-state index in [0.29, 0.717) is 18.1 Å². The fourth-order valence-electron chi connectivity index (χ4n) is 2.03. The summed E-state index contributed by atoms with van der Waals surface area (Å²) in [6.45, 7) is 0.436. The van der Waals surface area contributed by atoms with E-state index in [-0.39, 0.29) is 6.42 Å². The largest absolute Gasteiger partial charge is 0.493 e. The van der Waals surface area contributed by atoms with Crippen molar-refractivity contribution in [3.8, 4) is 11.5 Å². The minimum atomic E-state index is -1.02. The predicted octanol–water partition coefficient (Wildman–Crippen LogP) is 2.23. The molecule has 0 radical (unpaired) electrons. The highest BCUT2D eigenvalue weighted by Crippen LogP contribution is 2.29. The lowest BCUT2D eigenvalue weighted by atomic mass is 10.1. The summed E-state index contributed by atoms with van der Waals surface area (Å²) in [7, 11) is 1.55. The second kappa shape index (κ2) is 7.47. The van der Waals surface area contributed by atoms with E-state index >= 15 is 0 Å². The van der Waals surface area contributed by atoms with Crippen LogP contribution in [0.5, 0.6) is 11.5 Å². The van der Waals surface area contributed by atoms with E-state index in [2.05, 4.69) is 0 Å². The van der Waals surface area contributed by atoms with Gasteiger partial charge in [0.2, 0.25) is 0 Å². The number of methoxy groups -OCH3 is 1. The quantitative estimate of drug-likeness (QED) is 0.819. The molecule has 0 aliphatic carbocycles. The Hall–Kier alpha value is -2.53. The second-order valence-electron chi connectivity index (χ2n) is 4.91. The number of benzene rings is 2. The summed E-state index contributed by atoms with van der Waals surface area (Å²) in [5, 5.41) is 8.85. The zero-order valence-electron chi connectivity index (χ0n) is 12.4. The number of rotatable bonds is 7. The van der Waals surface area contributed by atoms with Gasteiger partial charge in [0.15, 0.2) is 11.5 Å². The Kier molecular flexibility index (Phi) is 5.38. The van der Waals surface area contributed by atoms with E-state index < -0.39 is 12.0 Å². The zero-order chi connectivity index (χ0) is 15.9. The minimum absolute atomic E-state index is 0.241. The van der Waals surface area contributed by atoms with Crippen LogP contribution < -0.4 is 15.2 Å². The molecule has 2 rings (SSSR count). The van der Waals surface area contributed by atoms with E-state index in [4.69, 9.17) is 20.3 Å². The highest BCUT2D eigenvalue weighted by Gasteiger charge is 2.14. The fraction of sp³-hybridized carbons (Fsp3) is 0.235. The van der Waals surface area contributed by atoms with Gasteiger partial charge in [0.1, 0.15) is 12.6 Å². The Morgan fingerprint density at radius 1 is 1.14 bits per heavy atom. The molecule has 0 amide bonds. The lowest BCUT2D eigenvalue weighted by molar-refractivity contribution is -0.138. The van der Waals surface area contributed by atoms with Crippen LogP contribution in [0.15, 0.2) is 48.5 Å². The monoisotopic (exact) mass is 301 g/mol. The van der Waals surface area contributed by atoms with Gasteiger partial charge >= 0.3 is 5.97 Å². The van der Waals surface area contributed by atoms with Crippen LogP contribution in [0.2, 0.25) is 0 Å². The van der Waals surface area contributed by atoms with Crippen molar-refractivity contribution < 1.29 is 19.4 Å². The van der Waals surface area contributed by atoms with Gasteiger partial charge in [-0.05, 0) is 29.7 Å². The molecule has 5 heteroatoms. The van der Waals surface area contributed by atoms with Gasteiger partial charge in [-0.3, -0.25) is 4.79 Å². The molecule has 0 aliphatic rings. The van der Waals surface area contributed by atoms with Gasteiger partial charge in [-0.25, -0.2) is 0 Å². The van der Waals surface area contributed by atoms with Gasteiger partial charge in [-0.1, -0.05) is 36.4 Å². The molecule has 3 N–H and O–H groups in total. The Labute approximate surface area is 129 Å². The van der Waals surface area contributed by atoms with Crippen LogP contribution in [0.25, 0.3) is 0 Å². The summed E-state index contributed by atoms with van der Waals surface area (Å²) < 4.78 is 11.1. The molecule has 2 aromatic rings. The van der Waals surface area contributed by atoms with Gasteiger partial charge in [0.05, 0.1) is 7.11 Å². The van der Waals surface area contributed by atoms with Crippen LogP contribution in [0.4, 0.5) is 0 Å². The SMILES string of the molecule is COc1cc(CC(N)C(=O)O)ccc1OCc1ccccc1. The molecule has 0 fully saturated rings. The third-order valence-corrected chi connectivity index (χ3v) is 3.24. The molecule has 0 aromatic heterocycles. The molecule has 2 aromatic carbocycles. The molecule has 0 heterocycles. The first-order valence-electron chi connectivity index (χ1n) is 6.92. The number of carboxylic acid groups (broad SMARTS) is 1. The maximum atomic E-state index is 10.8. The topological polar surface area (TPSA) is 81.8 Å². The van der Waals surface area contributed by atoms with Crippen molar-refractivity contribution in [3.05, 3.63) is 59.7 Å². The number of nitrogens with two attached hydrogens (primary N) is 1. The molecule has 1 atom stereocenters. The highest BCUT2D eigenvalue weighted by molar-refractivity contribution is 5.73. The van der Waals surface area contributed by atoms with Crippen molar-refractivity contribution in [1.82, 2.24) is 0 Å². The first-order valence-corrected chi connectivity index (χ1v) is 6.92. The third-order valence-electron chi connectivity index (χ3n) is 3.24. The Bertz CT molecular complexity index is 628. The number of carboxylic acids is 1. The second-order valence-corrected chi connectivity index (χ2v) is 4.91. The van der Waals surface area contributed by atoms with Gasteiger partial charge in [-0.2, -0.15) is 0 Å². The maximum absolute atomic E-state index is 10.8. The molecule has 116 valence electrons.